The normalized spacial score (nSPS) is 11.4. The van der Waals surface area contributed by atoms with Crippen molar-refractivity contribution < 1.29 is 0 Å². The molecule has 0 aliphatic heterocycles. The van der Waals surface area contributed by atoms with Crippen molar-refractivity contribution in [3.63, 3.8) is 0 Å². The highest BCUT2D eigenvalue weighted by Crippen LogP contribution is 2.52. The van der Waals surface area contributed by atoms with Gasteiger partial charge in [0.15, 0.2) is 0 Å². The lowest BCUT2D eigenvalue weighted by Crippen LogP contribution is -1.91. The Morgan fingerprint density at radius 2 is 0.769 bits per heavy atom. The second-order valence-electron chi connectivity index (χ2n) is 13.4. The van der Waals surface area contributed by atoms with Crippen LogP contribution in [0, 0.1) is 34.0 Å². The number of benzene rings is 9. The van der Waals surface area contributed by atoms with Crippen LogP contribution >= 0.6 is 0 Å². The second-order valence-corrected chi connectivity index (χ2v) is 13.4. The van der Waals surface area contributed by atoms with Crippen LogP contribution in [0.3, 0.4) is 0 Å². The number of nitriles is 3. The van der Waals surface area contributed by atoms with Crippen LogP contribution in [0.25, 0.3) is 98.7 Å². The molecular formula is C49H25N3. The molecule has 236 valence electrons. The molecule has 1 aliphatic rings. The third-order valence-corrected chi connectivity index (χ3v) is 10.7. The van der Waals surface area contributed by atoms with E-state index in [2.05, 4.69) is 109 Å². The van der Waals surface area contributed by atoms with E-state index in [0.29, 0.717) is 16.7 Å². The Hall–Kier alpha value is -7.51. The molecule has 0 saturated carbocycles. The fourth-order valence-corrected chi connectivity index (χ4v) is 8.31. The lowest BCUT2D eigenvalue weighted by Gasteiger charge is -2.18. The summed E-state index contributed by atoms with van der Waals surface area (Å²) < 4.78 is 0. The first-order valence-electron chi connectivity index (χ1n) is 17.2. The molecule has 1 aliphatic carbocycles. The maximum atomic E-state index is 9.87. The summed E-state index contributed by atoms with van der Waals surface area (Å²) in [4.78, 5) is 0. The van der Waals surface area contributed by atoms with Gasteiger partial charge >= 0.3 is 0 Å². The van der Waals surface area contributed by atoms with E-state index < -0.39 is 0 Å². The Kier molecular flexibility index (Phi) is 6.37. The van der Waals surface area contributed by atoms with Gasteiger partial charge in [0, 0.05) is 0 Å². The molecule has 10 rings (SSSR count). The summed E-state index contributed by atoms with van der Waals surface area (Å²) >= 11 is 0. The first-order valence-corrected chi connectivity index (χ1v) is 17.2. The van der Waals surface area contributed by atoms with Gasteiger partial charge in [-0.05, 0) is 159 Å². The van der Waals surface area contributed by atoms with Crippen LogP contribution < -0.4 is 0 Å². The molecule has 52 heavy (non-hydrogen) atoms. The van der Waals surface area contributed by atoms with Gasteiger partial charge in [-0.15, -0.1) is 0 Å². The number of hydrogen-bond acceptors (Lipinski definition) is 3. The van der Waals surface area contributed by atoms with Crippen LogP contribution in [0.1, 0.15) is 16.7 Å². The topological polar surface area (TPSA) is 71.4 Å². The predicted molar refractivity (Wildman–Crippen MR) is 211 cm³/mol. The highest BCUT2D eigenvalue weighted by Gasteiger charge is 2.25. The minimum atomic E-state index is 0.622. The molecule has 3 heteroatoms. The summed E-state index contributed by atoms with van der Waals surface area (Å²) in [5.41, 5.74) is 13.0. The molecule has 3 nitrogen and oxygen atoms in total. The van der Waals surface area contributed by atoms with Gasteiger partial charge in [0.25, 0.3) is 0 Å². The van der Waals surface area contributed by atoms with Gasteiger partial charge < -0.3 is 0 Å². The van der Waals surface area contributed by atoms with E-state index in [9.17, 15) is 15.8 Å². The van der Waals surface area contributed by atoms with Crippen LogP contribution in [0.5, 0.6) is 0 Å². The van der Waals surface area contributed by atoms with Gasteiger partial charge in [-0.1, -0.05) is 91.0 Å². The van der Waals surface area contributed by atoms with E-state index in [-0.39, 0.29) is 0 Å². The van der Waals surface area contributed by atoms with Crippen LogP contribution in [0.4, 0.5) is 0 Å². The molecule has 0 atom stereocenters. The summed E-state index contributed by atoms with van der Waals surface area (Å²) in [7, 11) is 0. The Balaban J connectivity index is 1.32. The zero-order chi connectivity index (χ0) is 34.9. The minimum Gasteiger partial charge on any atom is -0.192 e. The highest BCUT2D eigenvalue weighted by atomic mass is 14.3. The van der Waals surface area contributed by atoms with E-state index in [4.69, 9.17) is 0 Å². The summed E-state index contributed by atoms with van der Waals surface area (Å²) in [5, 5.41) is 38.2. The molecule has 0 heterocycles. The Morgan fingerprint density at radius 1 is 0.269 bits per heavy atom. The summed E-state index contributed by atoms with van der Waals surface area (Å²) in [5.74, 6) is 0. The van der Waals surface area contributed by atoms with Crippen molar-refractivity contribution in [3.05, 3.63) is 168 Å². The zero-order valence-electron chi connectivity index (χ0n) is 27.8. The summed E-state index contributed by atoms with van der Waals surface area (Å²) in [6.45, 7) is 0. The van der Waals surface area contributed by atoms with Crippen molar-refractivity contribution in [1.82, 2.24) is 0 Å². The van der Waals surface area contributed by atoms with Crippen molar-refractivity contribution in [3.8, 4) is 73.8 Å². The molecule has 0 radical (unpaired) electrons. The largest absolute Gasteiger partial charge is 0.192 e. The highest BCUT2D eigenvalue weighted by molar-refractivity contribution is 6.27. The zero-order valence-corrected chi connectivity index (χ0v) is 27.8. The quantitative estimate of drug-likeness (QED) is 0.178. The lowest BCUT2D eigenvalue weighted by molar-refractivity contribution is 1.48. The molecular weight excluding hydrogens is 631 g/mol. The second kappa shape index (κ2) is 11.3. The average Bonchev–Trinajstić information content (AvgIpc) is 3.53. The van der Waals surface area contributed by atoms with Crippen molar-refractivity contribution in [1.29, 1.82) is 15.8 Å². The average molecular weight is 656 g/mol. The number of hydrogen-bond donors (Lipinski definition) is 0. The Morgan fingerprint density at radius 3 is 1.44 bits per heavy atom. The van der Waals surface area contributed by atoms with Gasteiger partial charge in [0.1, 0.15) is 0 Å². The molecule has 0 unspecified atom stereocenters. The van der Waals surface area contributed by atoms with E-state index in [1.54, 1.807) is 0 Å². The molecule has 0 amide bonds. The fraction of sp³-hybridized carbons (Fsp3) is 0. The standard InChI is InChI=1S/C49H25N3/c50-26-29-14-16-32(17-15-29)35-18-19-40-45-25-48-46(24-44(45)39-13-5-12-38(35)49(39)40)42(34-9-4-7-31(21-34)28-52)23-43-37-11-2-1-10-36(37)41(22-47(43)48)33-8-3-6-30(20-33)27-51/h1-25H. The minimum absolute atomic E-state index is 0.622. The monoisotopic (exact) mass is 655 g/mol. The third-order valence-electron chi connectivity index (χ3n) is 10.7. The van der Waals surface area contributed by atoms with Gasteiger partial charge in [0.05, 0.1) is 34.9 Å². The summed E-state index contributed by atoms with van der Waals surface area (Å²) in [6, 6.07) is 59.3. The van der Waals surface area contributed by atoms with Crippen LogP contribution in [0.15, 0.2) is 152 Å². The molecule has 9 aromatic rings. The molecule has 0 N–H and O–H groups in total. The summed E-state index contributed by atoms with van der Waals surface area (Å²) in [6.07, 6.45) is 0. The molecule has 9 aromatic carbocycles. The molecule has 0 fully saturated rings. The first-order chi connectivity index (χ1) is 25.6. The maximum absolute atomic E-state index is 9.87. The van der Waals surface area contributed by atoms with E-state index in [1.165, 1.54) is 33.0 Å². The van der Waals surface area contributed by atoms with E-state index in [1.807, 2.05) is 60.7 Å². The SMILES string of the molecule is N#Cc1ccc(-c2ccc3c4c(cccc24)-c2cc4c(-c5cccc(C#N)c5)cc5c6ccccc6c(-c6cccc(C#N)c6)cc5c4cc2-3)cc1. The lowest BCUT2D eigenvalue weighted by atomic mass is 9.85. The Labute approximate surface area is 300 Å². The van der Waals surface area contributed by atoms with Gasteiger partial charge in [-0.25, -0.2) is 0 Å². The first kappa shape index (κ1) is 29.4. The van der Waals surface area contributed by atoms with Gasteiger partial charge in [-0.3, -0.25) is 0 Å². The van der Waals surface area contributed by atoms with E-state index in [0.717, 1.165) is 65.7 Å². The smallest absolute Gasteiger partial charge is 0.0991 e. The Bertz CT molecular complexity index is 3150. The third kappa shape index (κ3) is 4.30. The number of nitrogens with zero attached hydrogens (tertiary/aromatic N) is 3. The van der Waals surface area contributed by atoms with E-state index >= 15 is 0 Å². The van der Waals surface area contributed by atoms with Crippen LogP contribution in [-0.2, 0) is 0 Å². The van der Waals surface area contributed by atoms with Crippen molar-refractivity contribution in [2.24, 2.45) is 0 Å². The van der Waals surface area contributed by atoms with Crippen molar-refractivity contribution in [2.45, 2.75) is 0 Å². The molecule has 0 bridgehead atoms. The van der Waals surface area contributed by atoms with Crippen LogP contribution in [0.2, 0.25) is 0 Å². The molecule has 0 spiro atoms. The van der Waals surface area contributed by atoms with Crippen molar-refractivity contribution in [2.75, 3.05) is 0 Å². The van der Waals surface area contributed by atoms with Gasteiger partial charge in [-0.2, -0.15) is 15.8 Å². The molecule has 0 saturated heterocycles. The predicted octanol–water partition coefficient (Wildman–Crippen LogP) is 12.6. The van der Waals surface area contributed by atoms with Crippen molar-refractivity contribution >= 4 is 43.1 Å². The number of fused-ring (bicyclic) bond motifs is 8. The number of rotatable bonds is 3. The maximum Gasteiger partial charge on any atom is 0.0991 e. The van der Waals surface area contributed by atoms with Gasteiger partial charge in [0.2, 0.25) is 0 Å². The van der Waals surface area contributed by atoms with Crippen LogP contribution in [-0.4, -0.2) is 0 Å². The molecule has 0 aromatic heterocycles. The fourth-order valence-electron chi connectivity index (χ4n) is 8.31.